The average Bonchev–Trinajstić information content (AvgIpc) is 2.98. The number of sulfone groups is 3. The quantitative estimate of drug-likeness (QED) is 0.667. The van der Waals surface area contributed by atoms with E-state index in [1.165, 1.54) is 0 Å². The standard InChI is InChI=1S/C14H18FNO6S3/c15-10-1-3-12(4-2-10)25(21,22)14-9-24(19,20)8-13(14)16-11-5-6-23(17,18)7-11/h1-4,11,13-14,16H,5-9H2/t11?,13-,14-/m0/s1. The molecule has 1 aromatic carbocycles. The molecule has 1 N–H and O–H groups in total. The van der Waals surface area contributed by atoms with E-state index in [2.05, 4.69) is 5.32 Å². The minimum absolute atomic E-state index is 0.000481. The molecule has 2 saturated heterocycles. The van der Waals surface area contributed by atoms with E-state index in [0.717, 1.165) is 24.3 Å². The highest BCUT2D eigenvalue weighted by Crippen LogP contribution is 2.27. The maximum absolute atomic E-state index is 13.0. The molecule has 2 fully saturated rings. The fourth-order valence-electron chi connectivity index (χ4n) is 3.30. The van der Waals surface area contributed by atoms with Crippen molar-refractivity contribution in [2.24, 2.45) is 0 Å². The Morgan fingerprint density at radius 2 is 1.60 bits per heavy atom. The summed E-state index contributed by atoms with van der Waals surface area (Å²) in [6, 6.07) is 2.86. The Hall–Kier alpha value is -1.04. The van der Waals surface area contributed by atoms with Crippen molar-refractivity contribution >= 4 is 29.5 Å². The molecular formula is C14H18FNO6S3. The maximum atomic E-state index is 13.0. The van der Waals surface area contributed by atoms with Gasteiger partial charge in [-0.3, -0.25) is 0 Å². The van der Waals surface area contributed by atoms with E-state index in [1.54, 1.807) is 0 Å². The lowest BCUT2D eigenvalue weighted by Gasteiger charge is -2.23. The lowest BCUT2D eigenvalue weighted by Crippen LogP contribution is -2.48. The van der Waals surface area contributed by atoms with Crippen LogP contribution in [0.1, 0.15) is 6.42 Å². The number of rotatable bonds is 4. The number of hydrogen-bond donors (Lipinski definition) is 1. The monoisotopic (exact) mass is 411 g/mol. The van der Waals surface area contributed by atoms with Crippen LogP contribution in [0.25, 0.3) is 0 Å². The first kappa shape index (κ1) is 18.7. The van der Waals surface area contributed by atoms with Crippen LogP contribution in [0.5, 0.6) is 0 Å². The summed E-state index contributed by atoms with van der Waals surface area (Å²) < 4.78 is 85.8. The van der Waals surface area contributed by atoms with Gasteiger partial charge in [0.2, 0.25) is 0 Å². The van der Waals surface area contributed by atoms with E-state index in [1.807, 2.05) is 0 Å². The summed E-state index contributed by atoms with van der Waals surface area (Å²) in [5.74, 6) is -1.63. The molecule has 1 unspecified atom stereocenters. The summed E-state index contributed by atoms with van der Waals surface area (Å²) in [6.07, 6.45) is 0.322. The molecule has 11 heteroatoms. The number of nitrogens with one attached hydrogen (secondary N) is 1. The van der Waals surface area contributed by atoms with Gasteiger partial charge in [0.1, 0.15) is 5.82 Å². The van der Waals surface area contributed by atoms with Gasteiger partial charge in [0.25, 0.3) is 0 Å². The van der Waals surface area contributed by atoms with Gasteiger partial charge in [0, 0.05) is 12.1 Å². The van der Waals surface area contributed by atoms with Crippen molar-refractivity contribution < 1.29 is 29.6 Å². The van der Waals surface area contributed by atoms with Crippen molar-refractivity contribution in [2.75, 3.05) is 23.0 Å². The lowest BCUT2D eigenvalue weighted by molar-refractivity contribution is 0.469. The molecule has 0 aliphatic carbocycles. The summed E-state index contributed by atoms with van der Waals surface area (Å²) in [5, 5.41) is 1.68. The smallest absolute Gasteiger partial charge is 0.183 e. The van der Waals surface area contributed by atoms with Gasteiger partial charge < -0.3 is 5.32 Å². The molecule has 25 heavy (non-hydrogen) atoms. The number of halogens is 1. The summed E-state index contributed by atoms with van der Waals surface area (Å²) >= 11 is 0. The van der Waals surface area contributed by atoms with Gasteiger partial charge in [-0.25, -0.2) is 29.6 Å². The molecule has 0 radical (unpaired) electrons. The van der Waals surface area contributed by atoms with Gasteiger partial charge in [0.15, 0.2) is 29.5 Å². The predicted octanol–water partition coefficient (Wildman–Crippen LogP) is -0.458. The SMILES string of the molecule is O=S1(=O)CCC(N[C@H]2CS(=O)(=O)C[C@@H]2S(=O)(=O)c2ccc(F)cc2)C1. The fraction of sp³-hybridized carbons (Fsp3) is 0.571. The minimum Gasteiger partial charge on any atom is -0.308 e. The molecule has 0 amide bonds. The highest BCUT2D eigenvalue weighted by molar-refractivity contribution is 7.96. The number of benzene rings is 1. The molecule has 7 nitrogen and oxygen atoms in total. The summed E-state index contributed by atoms with van der Waals surface area (Å²) in [5.41, 5.74) is 0. The molecule has 1 aromatic rings. The van der Waals surface area contributed by atoms with Crippen molar-refractivity contribution in [3.8, 4) is 0 Å². The Kier molecular flexibility index (Phi) is 4.71. The Bertz CT molecular complexity index is 970. The lowest BCUT2D eigenvalue weighted by atomic mass is 10.2. The van der Waals surface area contributed by atoms with Crippen LogP contribution in [0.4, 0.5) is 4.39 Å². The van der Waals surface area contributed by atoms with Crippen LogP contribution in [-0.2, 0) is 29.5 Å². The zero-order valence-electron chi connectivity index (χ0n) is 13.1. The normalized spacial score (nSPS) is 31.2. The van der Waals surface area contributed by atoms with Gasteiger partial charge in [-0.05, 0) is 30.7 Å². The second-order valence-corrected chi connectivity index (χ2v) is 13.0. The topological polar surface area (TPSA) is 114 Å². The van der Waals surface area contributed by atoms with Crippen LogP contribution in [0.2, 0.25) is 0 Å². The van der Waals surface area contributed by atoms with Crippen molar-refractivity contribution in [2.45, 2.75) is 28.6 Å². The third-order valence-corrected chi connectivity index (χ3v) is 10.5. The third kappa shape index (κ3) is 4.04. The van der Waals surface area contributed by atoms with Crippen LogP contribution in [0.15, 0.2) is 29.2 Å². The molecule has 2 aliphatic heterocycles. The van der Waals surface area contributed by atoms with Gasteiger partial charge in [-0.2, -0.15) is 0 Å². The Morgan fingerprint density at radius 3 is 2.16 bits per heavy atom. The average molecular weight is 411 g/mol. The van der Waals surface area contributed by atoms with Crippen molar-refractivity contribution in [3.63, 3.8) is 0 Å². The molecule has 0 aromatic heterocycles. The van der Waals surface area contributed by atoms with Crippen LogP contribution in [-0.4, -0.2) is 65.6 Å². The van der Waals surface area contributed by atoms with Crippen LogP contribution in [0, 0.1) is 5.82 Å². The Labute approximate surface area is 146 Å². The van der Waals surface area contributed by atoms with E-state index < -0.39 is 58.4 Å². The molecule has 2 heterocycles. The van der Waals surface area contributed by atoms with Gasteiger partial charge in [0.05, 0.1) is 33.2 Å². The second-order valence-electron chi connectivity index (χ2n) is 6.49. The van der Waals surface area contributed by atoms with Crippen molar-refractivity contribution in [3.05, 3.63) is 30.1 Å². The summed E-state index contributed by atoms with van der Waals surface area (Å²) in [4.78, 5) is -0.151. The molecule has 3 rings (SSSR count). The summed E-state index contributed by atoms with van der Waals surface area (Å²) in [6.45, 7) is 0. The Balaban J connectivity index is 1.88. The van der Waals surface area contributed by atoms with Crippen molar-refractivity contribution in [1.29, 1.82) is 0 Å². The first-order valence-electron chi connectivity index (χ1n) is 7.65. The molecular weight excluding hydrogens is 393 g/mol. The first-order valence-corrected chi connectivity index (χ1v) is 12.8. The van der Waals surface area contributed by atoms with Crippen LogP contribution >= 0.6 is 0 Å². The highest BCUT2D eigenvalue weighted by Gasteiger charge is 2.47. The molecule has 2 aliphatic rings. The van der Waals surface area contributed by atoms with Gasteiger partial charge >= 0.3 is 0 Å². The zero-order valence-corrected chi connectivity index (χ0v) is 15.6. The maximum Gasteiger partial charge on any atom is 0.183 e. The van der Waals surface area contributed by atoms with Gasteiger partial charge in [-0.1, -0.05) is 0 Å². The molecule has 140 valence electrons. The molecule has 0 saturated carbocycles. The minimum atomic E-state index is -4.00. The van der Waals surface area contributed by atoms with E-state index in [0.29, 0.717) is 6.42 Å². The van der Waals surface area contributed by atoms with E-state index in [9.17, 15) is 29.6 Å². The fourth-order valence-corrected chi connectivity index (χ4v) is 9.67. The van der Waals surface area contributed by atoms with E-state index in [4.69, 9.17) is 0 Å². The molecule has 0 spiro atoms. The van der Waals surface area contributed by atoms with Crippen LogP contribution in [0.3, 0.4) is 0 Å². The largest absolute Gasteiger partial charge is 0.308 e. The highest BCUT2D eigenvalue weighted by atomic mass is 32.2. The first-order chi connectivity index (χ1) is 11.5. The van der Waals surface area contributed by atoms with Crippen LogP contribution < -0.4 is 5.32 Å². The number of hydrogen-bond acceptors (Lipinski definition) is 7. The second kappa shape index (κ2) is 6.29. The van der Waals surface area contributed by atoms with E-state index >= 15 is 0 Å². The van der Waals surface area contributed by atoms with Crippen molar-refractivity contribution in [1.82, 2.24) is 5.32 Å². The van der Waals surface area contributed by atoms with E-state index in [-0.39, 0.29) is 22.2 Å². The Morgan fingerprint density at radius 1 is 0.960 bits per heavy atom. The predicted molar refractivity (Wildman–Crippen MR) is 90.0 cm³/mol. The third-order valence-electron chi connectivity index (χ3n) is 4.52. The zero-order chi connectivity index (χ0) is 18.5. The summed E-state index contributed by atoms with van der Waals surface area (Å²) in [7, 11) is -10.8. The van der Waals surface area contributed by atoms with Gasteiger partial charge in [-0.15, -0.1) is 0 Å². The molecule has 3 atom stereocenters. The molecule has 0 bridgehead atoms.